The lowest BCUT2D eigenvalue weighted by atomic mass is 10.1. The number of carbonyl (C=O) groups excluding carboxylic acids is 1. The molecule has 1 aromatic carbocycles. The van der Waals surface area contributed by atoms with Crippen LogP contribution in [0.15, 0.2) is 23.1 Å². The Hall–Kier alpha value is 0.01000. The molecule has 0 heterocycles. The maximum Gasteiger partial charge on any atom is 0.147 e. The molecule has 1 rings (SSSR count). The van der Waals surface area contributed by atoms with E-state index < -0.39 is 0 Å². The number of ketones is 1. The zero-order valence-electron chi connectivity index (χ0n) is 6.92. The van der Waals surface area contributed by atoms with Gasteiger partial charge in [0.05, 0.1) is 9.85 Å². The maximum absolute atomic E-state index is 11.1. The number of benzene rings is 1. The number of hydrogen-bond donors (Lipinski definition) is 1. The molecule has 0 spiro atoms. The monoisotopic (exact) mass is 278 g/mol. The van der Waals surface area contributed by atoms with Crippen LogP contribution in [0.2, 0.25) is 5.02 Å². The normalized spacial score (nSPS) is 12.6. The van der Waals surface area contributed by atoms with Gasteiger partial charge < -0.3 is 0 Å². The number of carbonyl (C=O) groups is 1. The average molecular weight is 280 g/mol. The van der Waals surface area contributed by atoms with Crippen LogP contribution in [0.5, 0.6) is 0 Å². The van der Waals surface area contributed by atoms with E-state index in [-0.39, 0.29) is 10.6 Å². The molecule has 4 heteroatoms. The van der Waals surface area contributed by atoms with Gasteiger partial charge in [-0.25, -0.2) is 0 Å². The highest BCUT2D eigenvalue weighted by Gasteiger charge is 2.16. The molecule has 1 nitrogen and oxygen atoms in total. The third-order valence-electron chi connectivity index (χ3n) is 1.65. The van der Waals surface area contributed by atoms with Crippen molar-refractivity contribution in [2.75, 3.05) is 0 Å². The summed E-state index contributed by atoms with van der Waals surface area (Å²) in [5.74, 6) is 0.0394. The third-order valence-corrected chi connectivity index (χ3v) is 3.73. The maximum atomic E-state index is 11.1. The predicted molar refractivity (Wildman–Crippen MR) is 61.1 cm³/mol. The van der Waals surface area contributed by atoms with Crippen LogP contribution in [0.3, 0.4) is 0 Å². The summed E-state index contributed by atoms with van der Waals surface area (Å²) in [5, 5.41) is 0.562. The van der Waals surface area contributed by atoms with Crippen molar-refractivity contribution in [3.8, 4) is 0 Å². The molecule has 70 valence electrons. The van der Waals surface area contributed by atoms with Crippen LogP contribution >= 0.6 is 40.2 Å². The van der Waals surface area contributed by atoms with Crippen molar-refractivity contribution >= 4 is 45.9 Å². The van der Waals surface area contributed by atoms with Crippen LogP contribution in [0, 0.1) is 0 Å². The van der Waals surface area contributed by atoms with Gasteiger partial charge >= 0.3 is 0 Å². The highest BCUT2D eigenvalue weighted by atomic mass is 79.9. The second-order valence-corrected chi connectivity index (χ2v) is 4.42. The minimum Gasteiger partial charge on any atom is -0.298 e. The molecule has 0 aliphatic heterocycles. The molecule has 0 N–H and O–H groups in total. The average Bonchev–Trinajstić information content (AvgIpc) is 2.08. The minimum atomic E-state index is -0.321. The van der Waals surface area contributed by atoms with Crippen LogP contribution in [0.4, 0.5) is 0 Å². The second kappa shape index (κ2) is 4.49. The predicted octanol–water partition coefficient (Wildman–Crippen LogP) is 3.65. The Morgan fingerprint density at radius 3 is 2.77 bits per heavy atom. The number of halogens is 2. The first kappa shape index (κ1) is 11.1. The third kappa shape index (κ3) is 2.48. The van der Waals surface area contributed by atoms with Crippen molar-refractivity contribution in [3.05, 3.63) is 28.8 Å². The highest BCUT2D eigenvalue weighted by molar-refractivity contribution is 9.09. The lowest BCUT2D eigenvalue weighted by molar-refractivity contribution is -0.116. The van der Waals surface area contributed by atoms with Crippen molar-refractivity contribution in [1.29, 1.82) is 0 Å². The summed E-state index contributed by atoms with van der Waals surface area (Å²) in [7, 11) is 0. The van der Waals surface area contributed by atoms with Gasteiger partial charge in [0.1, 0.15) is 5.78 Å². The Bertz CT molecular complexity index is 340. The van der Waals surface area contributed by atoms with Gasteiger partial charge in [-0.3, -0.25) is 4.79 Å². The number of alkyl halides is 1. The minimum absolute atomic E-state index is 0.0394. The molecule has 1 unspecified atom stereocenters. The van der Waals surface area contributed by atoms with E-state index in [1.807, 2.05) is 6.07 Å². The summed E-state index contributed by atoms with van der Waals surface area (Å²) >= 11 is 13.4. The fourth-order valence-corrected chi connectivity index (χ4v) is 1.97. The fraction of sp³-hybridized carbons (Fsp3) is 0.222. The van der Waals surface area contributed by atoms with Crippen LogP contribution in [-0.4, -0.2) is 5.78 Å². The zero-order valence-corrected chi connectivity index (χ0v) is 10.2. The summed E-state index contributed by atoms with van der Waals surface area (Å²) in [5.41, 5.74) is 0.809. The Morgan fingerprint density at radius 1 is 1.62 bits per heavy atom. The van der Waals surface area contributed by atoms with Gasteiger partial charge in [0.25, 0.3) is 0 Å². The van der Waals surface area contributed by atoms with E-state index in [1.165, 1.54) is 6.92 Å². The first-order chi connectivity index (χ1) is 6.04. The van der Waals surface area contributed by atoms with Gasteiger partial charge in [0, 0.05) is 4.90 Å². The lowest BCUT2D eigenvalue weighted by Crippen LogP contribution is -2.01. The zero-order chi connectivity index (χ0) is 10.0. The molecule has 0 aliphatic rings. The molecule has 0 aromatic heterocycles. The molecule has 1 aromatic rings. The van der Waals surface area contributed by atoms with Gasteiger partial charge in [-0.05, 0) is 18.6 Å². The Morgan fingerprint density at radius 2 is 2.23 bits per heavy atom. The van der Waals surface area contributed by atoms with E-state index in [2.05, 4.69) is 28.6 Å². The summed E-state index contributed by atoms with van der Waals surface area (Å²) in [6, 6.07) is 5.37. The number of Topliss-reactive ketones (excluding diaryl/α,β-unsaturated/α-hetero) is 1. The van der Waals surface area contributed by atoms with Crippen molar-refractivity contribution in [1.82, 2.24) is 0 Å². The summed E-state index contributed by atoms with van der Waals surface area (Å²) < 4.78 is 0. The molecular formula is C9H8BrClOS. The van der Waals surface area contributed by atoms with E-state index in [4.69, 9.17) is 11.6 Å². The Labute approximate surface area is 96.0 Å². The number of rotatable bonds is 2. The molecule has 0 bridgehead atoms. The van der Waals surface area contributed by atoms with Gasteiger partial charge in [0.2, 0.25) is 0 Å². The quantitative estimate of drug-likeness (QED) is 0.646. The van der Waals surface area contributed by atoms with E-state index in [9.17, 15) is 4.79 Å². The summed E-state index contributed by atoms with van der Waals surface area (Å²) in [6.45, 7) is 1.52. The van der Waals surface area contributed by atoms with E-state index in [1.54, 1.807) is 12.1 Å². The summed E-state index contributed by atoms with van der Waals surface area (Å²) in [4.78, 5) is 11.4. The van der Waals surface area contributed by atoms with Crippen LogP contribution in [0.25, 0.3) is 0 Å². The molecular weight excluding hydrogens is 272 g/mol. The van der Waals surface area contributed by atoms with Crippen molar-refractivity contribution in [2.45, 2.75) is 16.6 Å². The summed E-state index contributed by atoms with van der Waals surface area (Å²) in [6.07, 6.45) is 0. The number of thiol groups is 1. The SMILES string of the molecule is CC(=O)C(Br)c1cccc(Cl)c1S. The van der Waals surface area contributed by atoms with Crippen molar-refractivity contribution in [3.63, 3.8) is 0 Å². The Kier molecular flexibility index (Phi) is 3.83. The second-order valence-electron chi connectivity index (χ2n) is 2.65. The van der Waals surface area contributed by atoms with Crippen molar-refractivity contribution in [2.24, 2.45) is 0 Å². The molecule has 0 amide bonds. The smallest absolute Gasteiger partial charge is 0.147 e. The van der Waals surface area contributed by atoms with Crippen LogP contribution in [0.1, 0.15) is 17.3 Å². The van der Waals surface area contributed by atoms with Gasteiger partial charge in [-0.2, -0.15) is 0 Å². The van der Waals surface area contributed by atoms with E-state index in [0.717, 1.165) is 5.56 Å². The van der Waals surface area contributed by atoms with Crippen LogP contribution < -0.4 is 0 Å². The first-order valence-electron chi connectivity index (χ1n) is 3.66. The molecule has 0 fully saturated rings. The Balaban J connectivity index is 3.15. The van der Waals surface area contributed by atoms with E-state index >= 15 is 0 Å². The first-order valence-corrected chi connectivity index (χ1v) is 5.40. The highest BCUT2D eigenvalue weighted by Crippen LogP contribution is 2.33. The van der Waals surface area contributed by atoms with Crippen LogP contribution in [-0.2, 0) is 4.79 Å². The molecule has 0 saturated carbocycles. The van der Waals surface area contributed by atoms with Crippen molar-refractivity contribution < 1.29 is 4.79 Å². The molecule has 0 aliphatic carbocycles. The largest absolute Gasteiger partial charge is 0.298 e. The number of hydrogen-bond acceptors (Lipinski definition) is 2. The molecule has 1 atom stereocenters. The molecule has 13 heavy (non-hydrogen) atoms. The standard InChI is InChI=1S/C9H8BrClOS/c1-5(12)8(10)6-3-2-4-7(11)9(6)13/h2-4,8,13H,1H3. The van der Waals surface area contributed by atoms with Gasteiger partial charge in [-0.1, -0.05) is 39.7 Å². The topological polar surface area (TPSA) is 17.1 Å². The van der Waals surface area contributed by atoms with Gasteiger partial charge in [-0.15, -0.1) is 12.6 Å². The van der Waals surface area contributed by atoms with E-state index in [0.29, 0.717) is 9.92 Å². The fourth-order valence-electron chi connectivity index (χ4n) is 0.956. The molecule has 0 radical (unpaired) electrons. The lowest BCUT2D eigenvalue weighted by Gasteiger charge is -2.09. The van der Waals surface area contributed by atoms with Gasteiger partial charge in [0.15, 0.2) is 0 Å². The molecule has 0 saturated heterocycles.